The van der Waals surface area contributed by atoms with E-state index in [1.807, 2.05) is 0 Å². The Kier molecular flexibility index (Phi) is 13.3. The molecule has 6 N–H and O–H groups in total. The van der Waals surface area contributed by atoms with Gasteiger partial charge in [-0.15, -0.1) is 0 Å². The van der Waals surface area contributed by atoms with E-state index in [9.17, 15) is 34.8 Å². The Hall–Kier alpha value is -4.54. The van der Waals surface area contributed by atoms with Crippen molar-refractivity contribution in [2.24, 2.45) is 34.6 Å². The Labute approximate surface area is 358 Å². The molecule has 334 valence electrons. The summed E-state index contributed by atoms with van der Waals surface area (Å²) < 4.78 is 24.0. The number of benzene rings is 1. The Bertz CT molecular complexity index is 2060. The van der Waals surface area contributed by atoms with Crippen molar-refractivity contribution >= 4 is 23.2 Å². The van der Waals surface area contributed by atoms with Crippen LogP contribution in [0, 0.1) is 36.5 Å². The number of aliphatic imine (C=N–C) groups is 1. The third-order valence-corrected chi connectivity index (χ3v) is 13.1. The lowest BCUT2D eigenvalue weighted by Gasteiger charge is -2.38. The van der Waals surface area contributed by atoms with Crippen LogP contribution in [0.4, 0.5) is 0 Å². The molecule has 0 radical (unpaired) electrons. The van der Waals surface area contributed by atoms with Crippen LogP contribution in [0.15, 0.2) is 52.5 Å². The summed E-state index contributed by atoms with van der Waals surface area (Å²) >= 11 is 0. The van der Waals surface area contributed by atoms with Crippen LogP contribution in [-0.2, 0) is 19.0 Å². The second-order valence-corrected chi connectivity index (χ2v) is 18.2. The zero-order chi connectivity index (χ0) is 44.9. The summed E-state index contributed by atoms with van der Waals surface area (Å²) in [5, 5.41) is 52.9. The number of fused-ring (bicyclic) bond motifs is 3. The number of aliphatic hydroxyl groups is 3. The maximum absolute atomic E-state index is 14.7. The molecule has 1 aliphatic carbocycles. The van der Waals surface area contributed by atoms with Gasteiger partial charge in [-0.25, -0.2) is 0 Å². The minimum atomic E-state index is -1.95. The molecule has 0 amide bonds. The number of esters is 1. The fraction of sp³-hybridized carbons (Fsp3) is 0.609. The van der Waals surface area contributed by atoms with Crippen molar-refractivity contribution in [2.45, 2.75) is 124 Å². The maximum atomic E-state index is 14.7. The van der Waals surface area contributed by atoms with Gasteiger partial charge in [0, 0.05) is 88.2 Å². The number of methoxy groups -OCH3 is 1. The predicted octanol–water partition coefficient (Wildman–Crippen LogP) is 4.41. The molecular formula is C46H64N4O11. The summed E-state index contributed by atoms with van der Waals surface area (Å²) in [5.41, 5.74) is 0.350. The number of carbonyl (C=O) groups is 3. The molecule has 15 heteroatoms. The predicted molar refractivity (Wildman–Crippen MR) is 228 cm³/mol. The standard InChI is InChI=1S/C46H64N4O11/c1-22(2)21-50-18-16-46(17-19-50)48-34-31-32-39(54)28(8)42-33(31)43(56)45(10,61-42)59-20-15-30(58-11)25(5)41(60-29(9)51)27(7)38(53)26(6)37(52)23(3)13-12-14-24(4)44(57)47-36(40(32)55)35(34)49-46/h12-15,20,22-23,25-27,30,37-38,41,44,47,49,52-54,57H,16-19,21H2,1-11H3/b13-12+,20-15+,24-14+/t23-,25+,26+,27+,30-,37-,38+,41+,44?,45-/m0/s1. The van der Waals surface area contributed by atoms with Gasteiger partial charge in [0.1, 0.15) is 35.2 Å². The van der Waals surface area contributed by atoms with Gasteiger partial charge in [-0.05, 0) is 31.4 Å². The highest BCUT2D eigenvalue weighted by atomic mass is 16.7. The van der Waals surface area contributed by atoms with E-state index in [1.165, 1.54) is 27.2 Å². The van der Waals surface area contributed by atoms with Crippen molar-refractivity contribution in [1.29, 1.82) is 0 Å². The minimum Gasteiger partial charge on any atom is -0.507 e. The molecule has 1 unspecified atom stereocenters. The highest BCUT2D eigenvalue weighted by Gasteiger charge is 2.54. The number of phenolic OH excluding ortho intramolecular Hbond substituents is 1. The van der Waals surface area contributed by atoms with Crippen LogP contribution in [0.5, 0.6) is 11.5 Å². The molecule has 4 aliphatic heterocycles. The van der Waals surface area contributed by atoms with Gasteiger partial charge >= 0.3 is 11.8 Å². The number of rotatable bonds is 4. The van der Waals surface area contributed by atoms with E-state index < -0.39 is 89.1 Å². The molecule has 1 aromatic carbocycles. The summed E-state index contributed by atoms with van der Waals surface area (Å²) in [5.74, 6) is -5.96. The second-order valence-electron chi connectivity index (χ2n) is 18.2. The Morgan fingerprint density at radius 2 is 1.66 bits per heavy atom. The van der Waals surface area contributed by atoms with Crippen LogP contribution in [0.3, 0.4) is 0 Å². The van der Waals surface area contributed by atoms with E-state index in [2.05, 4.69) is 29.4 Å². The van der Waals surface area contributed by atoms with Crippen molar-refractivity contribution < 1.29 is 53.8 Å². The zero-order valence-electron chi connectivity index (χ0n) is 37.2. The van der Waals surface area contributed by atoms with E-state index in [4.69, 9.17) is 23.9 Å². The highest BCUT2D eigenvalue weighted by Crippen LogP contribution is 2.50. The van der Waals surface area contributed by atoms with Gasteiger partial charge in [0.05, 0.1) is 47.1 Å². The Morgan fingerprint density at radius 3 is 2.28 bits per heavy atom. The molecule has 1 aromatic rings. The fourth-order valence-corrected chi connectivity index (χ4v) is 9.35. The van der Waals surface area contributed by atoms with E-state index in [1.54, 1.807) is 65.8 Å². The van der Waals surface area contributed by atoms with Gasteiger partial charge < -0.3 is 54.9 Å². The Balaban J connectivity index is 1.49. The molecule has 1 fully saturated rings. The van der Waals surface area contributed by atoms with E-state index in [-0.39, 0.29) is 33.7 Å². The van der Waals surface area contributed by atoms with Crippen LogP contribution in [0.2, 0.25) is 0 Å². The normalized spacial score (nSPS) is 35.0. The van der Waals surface area contributed by atoms with E-state index >= 15 is 0 Å². The molecule has 5 bridgehead atoms. The molecule has 1 saturated heterocycles. The van der Waals surface area contributed by atoms with Gasteiger partial charge in [-0.1, -0.05) is 59.8 Å². The number of nitrogens with zero attached hydrogens (tertiary/aromatic N) is 2. The average Bonchev–Trinajstić information content (AvgIpc) is 3.71. The molecule has 10 atom stereocenters. The number of aromatic hydroxyl groups is 1. The number of allylic oxidation sites excluding steroid dienone is 4. The lowest BCUT2D eigenvalue weighted by atomic mass is 9.78. The number of hydrogen-bond donors (Lipinski definition) is 6. The van der Waals surface area contributed by atoms with Crippen molar-refractivity contribution in [2.75, 3.05) is 26.7 Å². The maximum Gasteiger partial charge on any atom is 0.312 e. The number of nitrogens with one attached hydrogen (secondary N) is 2. The van der Waals surface area contributed by atoms with Crippen molar-refractivity contribution in [1.82, 2.24) is 15.5 Å². The van der Waals surface area contributed by atoms with Crippen LogP contribution < -0.4 is 15.4 Å². The summed E-state index contributed by atoms with van der Waals surface area (Å²) in [4.78, 5) is 49.5. The quantitative estimate of drug-likeness (QED) is 0.232. The van der Waals surface area contributed by atoms with Gasteiger partial charge in [-0.2, -0.15) is 0 Å². The van der Waals surface area contributed by atoms with Gasteiger partial charge in [-0.3, -0.25) is 19.4 Å². The molecule has 6 rings (SSSR count). The molecule has 61 heavy (non-hydrogen) atoms. The number of aliphatic hydroxyl groups excluding tert-OH is 3. The Morgan fingerprint density at radius 1 is 0.984 bits per heavy atom. The van der Waals surface area contributed by atoms with Crippen LogP contribution >= 0.6 is 0 Å². The first-order valence-electron chi connectivity index (χ1n) is 21.4. The van der Waals surface area contributed by atoms with E-state index in [0.29, 0.717) is 35.7 Å². The minimum absolute atomic E-state index is 0.0121. The third kappa shape index (κ3) is 8.64. The SMILES string of the molecule is CO[C@H]1/C=C/O[C@@]2(C)Oc3c(C)c(O)c4c(c3C2=O)C2=NC3(CCN(CC(C)C)CC3)NC2=C(NC(O)/C(C)=C/C=C/[C@H](C)[C@H](O)[C@@H](C)[C@@H](O)[C@@H](C)[C@H](OC(C)=O)[C@@H]1C)C4=O. The third-order valence-electron chi connectivity index (χ3n) is 13.1. The molecule has 4 heterocycles. The number of piperidine rings is 1. The zero-order valence-corrected chi connectivity index (χ0v) is 37.2. The molecule has 0 aromatic heterocycles. The summed E-state index contributed by atoms with van der Waals surface area (Å²) in [6.07, 6.45) is 4.00. The van der Waals surface area contributed by atoms with Crippen molar-refractivity contribution in [3.63, 3.8) is 0 Å². The van der Waals surface area contributed by atoms with Gasteiger partial charge in [0.25, 0.3) is 5.78 Å². The summed E-state index contributed by atoms with van der Waals surface area (Å²) in [7, 11) is 1.47. The number of ether oxygens (including phenoxy) is 4. The van der Waals surface area contributed by atoms with Gasteiger partial charge in [0.15, 0.2) is 0 Å². The number of hydrogen-bond acceptors (Lipinski definition) is 15. The van der Waals surface area contributed by atoms with Gasteiger partial charge in [0.2, 0.25) is 5.78 Å². The van der Waals surface area contributed by atoms with Crippen molar-refractivity contribution in [3.05, 3.63) is 69.8 Å². The monoisotopic (exact) mass is 848 g/mol. The second kappa shape index (κ2) is 17.7. The molecule has 15 nitrogen and oxygen atoms in total. The lowest BCUT2D eigenvalue weighted by Crippen LogP contribution is -2.51. The molecule has 0 saturated carbocycles. The first-order valence-corrected chi connectivity index (χ1v) is 21.4. The van der Waals surface area contributed by atoms with Crippen LogP contribution in [0.1, 0.15) is 107 Å². The number of Topliss-reactive ketones (excluding diaryl/α,β-unsaturated/α-hetero) is 2. The topological polar surface area (TPSA) is 209 Å². The average molecular weight is 849 g/mol. The van der Waals surface area contributed by atoms with E-state index in [0.717, 1.165) is 19.6 Å². The smallest absolute Gasteiger partial charge is 0.312 e. The fourth-order valence-electron chi connectivity index (χ4n) is 9.35. The number of ketones is 2. The summed E-state index contributed by atoms with van der Waals surface area (Å²) in [6.45, 7) is 19.8. The van der Waals surface area contributed by atoms with Crippen LogP contribution in [-0.4, -0.2) is 117 Å². The summed E-state index contributed by atoms with van der Waals surface area (Å²) in [6, 6.07) is 0. The molecular weight excluding hydrogens is 785 g/mol. The lowest BCUT2D eigenvalue weighted by molar-refractivity contribution is -0.160. The highest BCUT2D eigenvalue weighted by molar-refractivity contribution is 6.34. The van der Waals surface area contributed by atoms with Crippen LogP contribution in [0.25, 0.3) is 0 Å². The largest absolute Gasteiger partial charge is 0.507 e. The number of likely N-dealkylation sites (tertiary alicyclic amines) is 1. The number of carbonyl (C=O) groups excluding carboxylic acids is 3. The number of phenols is 1. The molecule has 5 aliphatic rings. The van der Waals surface area contributed by atoms with Crippen molar-refractivity contribution in [3.8, 4) is 11.5 Å². The first kappa shape index (κ1) is 46.0. The first-order chi connectivity index (χ1) is 28.6. The molecule has 1 spiro atoms.